The van der Waals surface area contributed by atoms with E-state index < -0.39 is 20.7 Å². The summed E-state index contributed by atoms with van der Waals surface area (Å²) in [5, 5.41) is 3.47. The van der Waals surface area contributed by atoms with Gasteiger partial charge in [-0.2, -0.15) is 4.98 Å². The highest BCUT2D eigenvalue weighted by Crippen LogP contribution is 2.23. The van der Waals surface area contributed by atoms with Gasteiger partial charge in [0.15, 0.2) is 26.5 Å². The number of halogens is 1. The summed E-state index contributed by atoms with van der Waals surface area (Å²) >= 11 is 0. The van der Waals surface area contributed by atoms with E-state index in [1.165, 1.54) is 6.20 Å². The smallest absolute Gasteiger partial charge is 0.324 e. The van der Waals surface area contributed by atoms with Gasteiger partial charge in [-0.05, 0) is 26.3 Å². The minimum atomic E-state index is -3.69. The topological polar surface area (TPSA) is 102 Å². The molecule has 0 saturated carbocycles. The van der Waals surface area contributed by atoms with Crippen molar-refractivity contribution in [2.45, 2.75) is 50.1 Å². The van der Waals surface area contributed by atoms with E-state index in [1.54, 1.807) is 0 Å². The lowest BCUT2D eigenvalue weighted by atomic mass is 10.0. The molecule has 0 spiro atoms. The molecule has 1 fully saturated rings. The standard InChI is InChI=1S/C20H30FN5O4S/c1-14(2)18-23-20(30-24-18)26-9-6-15(7-10-26)25(3)8-5-11-29-16-12-17(21)19(22-13-16)31(4,27)28/h12-15H,5-11H2,1-4H3. The number of hydrogen-bond acceptors (Lipinski definition) is 9. The van der Waals surface area contributed by atoms with Crippen LogP contribution in [0.15, 0.2) is 21.8 Å². The van der Waals surface area contributed by atoms with E-state index in [9.17, 15) is 12.8 Å². The van der Waals surface area contributed by atoms with Gasteiger partial charge in [-0.1, -0.05) is 19.0 Å². The third kappa shape index (κ3) is 6.13. The van der Waals surface area contributed by atoms with Crippen LogP contribution in [0.25, 0.3) is 0 Å². The van der Waals surface area contributed by atoms with Gasteiger partial charge in [0, 0.05) is 43.9 Å². The summed E-state index contributed by atoms with van der Waals surface area (Å²) in [6.45, 7) is 7.03. The molecule has 0 atom stereocenters. The molecular weight excluding hydrogens is 425 g/mol. The van der Waals surface area contributed by atoms with Crippen LogP contribution in [-0.2, 0) is 9.84 Å². The van der Waals surface area contributed by atoms with Crippen molar-refractivity contribution < 1.29 is 22.1 Å². The summed E-state index contributed by atoms with van der Waals surface area (Å²) in [5.74, 6) is 0.301. The number of aromatic nitrogens is 3. The first-order chi connectivity index (χ1) is 14.6. The van der Waals surface area contributed by atoms with E-state index in [1.807, 2.05) is 13.8 Å². The Kier molecular flexibility index (Phi) is 7.47. The number of piperidine rings is 1. The van der Waals surface area contributed by atoms with Crippen LogP contribution in [0.4, 0.5) is 10.4 Å². The monoisotopic (exact) mass is 455 g/mol. The second-order valence-electron chi connectivity index (χ2n) is 8.22. The highest BCUT2D eigenvalue weighted by Gasteiger charge is 2.25. The minimum absolute atomic E-state index is 0.223. The van der Waals surface area contributed by atoms with Crippen LogP contribution >= 0.6 is 0 Å². The summed E-state index contributed by atoms with van der Waals surface area (Å²) in [4.78, 5) is 12.6. The number of rotatable bonds is 9. The molecule has 0 bridgehead atoms. The largest absolute Gasteiger partial charge is 0.492 e. The van der Waals surface area contributed by atoms with E-state index in [-0.39, 0.29) is 11.7 Å². The number of nitrogens with zero attached hydrogens (tertiary/aromatic N) is 5. The van der Waals surface area contributed by atoms with Crippen molar-refractivity contribution in [2.75, 3.05) is 44.4 Å². The van der Waals surface area contributed by atoms with Gasteiger partial charge in [0.05, 0.1) is 12.8 Å². The first kappa shape index (κ1) is 23.4. The molecule has 1 saturated heterocycles. The van der Waals surface area contributed by atoms with Crippen molar-refractivity contribution in [2.24, 2.45) is 0 Å². The average Bonchev–Trinajstić information content (AvgIpc) is 3.21. The zero-order chi connectivity index (χ0) is 22.6. The van der Waals surface area contributed by atoms with Gasteiger partial charge < -0.3 is 19.1 Å². The highest BCUT2D eigenvalue weighted by atomic mass is 32.2. The third-order valence-electron chi connectivity index (χ3n) is 5.36. The molecule has 0 aromatic carbocycles. The lowest BCUT2D eigenvalue weighted by Gasteiger charge is -2.35. The number of ether oxygens (including phenoxy) is 1. The van der Waals surface area contributed by atoms with Crippen molar-refractivity contribution in [1.29, 1.82) is 0 Å². The molecule has 0 radical (unpaired) electrons. The molecule has 3 rings (SSSR count). The molecule has 0 N–H and O–H groups in total. The Morgan fingerprint density at radius 1 is 1.35 bits per heavy atom. The molecule has 2 aromatic rings. The molecule has 3 heterocycles. The lowest BCUT2D eigenvalue weighted by Crippen LogP contribution is -2.44. The molecule has 9 nitrogen and oxygen atoms in total. The van der Waals surface area contributed by atoms with Crippen LogP contribution in [0.5, 0.6) is 5.75 Å². The molecule has 1 aliphatic heterocycles. The van der Waals surface area contributed by atoms with Gasteiger partial charge in [0.1, 0.15) is 5.75 Å². The predicted octanol–water partition coefficient (Wildman–Crippen LogP) is 2.50. The van der Waals surface area contributed by atoms with E-state index in [0.717, 1.165) is 57.0 Å². The first-order valence-electron chi connectivity index (χ1n) is 10.4. The second-order valence-corrected chi connectivity index (χ2v) is 10.2. The molecule has 0 amide bonds. The van der Waals surface area contributed by atoms with E-state index >= 15 is 0 Å². The maximum Gasteiger partial charge on any atom is 0.324 e. The number of sulfone groups is 1. The van der Waals surface area contributed by atoms with Crippen molar-refractivity contribution in [3.05, 3.63) is 23.9 Å². The van der Waals surface area contributed by atoms with Crippen LogP contribution in [0.3, 0.4) is 0 Å². The quantitative estimate of drug-likeness (QED) is 0.528. The van der Waals surface area contributed by atoms with Crippen LogP contribution < -0.4 is 9.64 Å². The number of pyridine rings is 1. The Morgan fingerprint density at radius 3 is 2.65 bits per heavy atom. The second kappa shape index (κ2) is 9.90. The zero-order valence-electron chi connectivity index (χ0n) is 18.4. The van der Waals surface area contributed by atoms with Crippen molar-refractivity contribution in [3.8, 4) is 5.75 Å². The first-order valence-corrected chi connectivity index (χ1v) is 12.3. The van der Waals surface area contributed by atoms with Gasteiger partial charge in [0.2, 0.25) is 0 Å². The van der Waals surface area contributed by atoms with Crippen LogP contribution in [0, 0.1) is 5.82 Å². The van der Waals surface area contributed by atoms with Crippen molar-refractivity contribution in [1.82, 2.24) is 20.0 Å². The Hall–Kier alpha value is -2.27. The average molecular weight is 456 g/mol. The minimum Gasteiger partial charge on any atom is -0.492 e. The summed E-state index contributed by atoms with van der Waals surface area (Å²) in [7, 11) is -1.60. The van der Waals surface area contributed by atoms with Gasteiger partial charge >= 0.3 is 6.01 Å². The summed E-state index contributed by atoms with van der Waals surface area (Å²) in [6.07, 6.45) is 4.91. The summed E-state index contributed by atoms with van der Waals surface area (Å²) in [6, 6.07) is 2.11. The Bertz CT molecular complexity index is 974. The highest BCUT2D eigenvalue weighted by molar-refractivity contribution is 7.90. The summed E-state index contributed by atoms with van der Waals surface area (Å²) < 4.78 is 47.6. The number of hydrogen-bond donors (Lipinski definition) is 0. The van der Waals surface area contributed by atoms with Crippen molar-refractivity contribution in [3.63, 3.8) is 0 Å². The van der Waals surface area contributed by atoms with Crippen LogP contribution in [0.2, 0.25) is 0 Å². The SMILES string of the molecule is CC(C)c1noc(N2CCC(N(C)CCCOc3cnc(S(C)(=O)=O)c(F)c3)CC2)n1. The predicted molar refractivity (Wildman–Crippen MR) is 114 cm³/mol. The van der Waals surface area contributed by atoms with Crippen LogP contribution in [0.1, 0.15) is 44.9 Å². The number of anilines is 1. The Labute approximate surface area is 182 Å². The van der Waals surface area contributed by atoms with E-state index in [4.69, 9.17) is 9.26 Å². The van der Waals surface area contributed by atoms with E-state index in [2.05, 4.69) is 32.0 Å². The fourth-order valence-corrected chi connectivity index (χ4v) is 4.19. The van der Waals surface area contributed by atoms with Gasteiger partial charge in [-0.25, -0.2) is 17.8 Å². The van der Waals surface area contributed by atoms with Gasteiger partial charge in [0.25, 0.3) is 0 Å². The van der Waals surface area contributed by atoms with E-state index in [0.29, 0.717) is 18.7 Å². The maximum absolute atomic E-state index is 13.9. The lowest BCUT2D eigenvalue weighted by molar-refractivity contribution is 0.187. The molecule has 0 aliphatic carbocycles. The molecule has 1 aliphatic rings. The van der Waals surface area contributed by atoms with Gasteiger partial charge in [-0.15, -0.1) is 0 Å². The fourth-order valence-electron chi connectivity index (χ4n) is 3.53. The molecule has 172 valence electrons. The van der Waals surface area contributed by atoms with Gasteiger partial charge in [-0.3, -0.25) is 0 Å². The fraction of sp³-hybridized carbons (Fsp3) is 0.650. The van der Waals surface area contributed by atoms with Crippen molar-refractivity contribution >= 4 is 15.9 Å². The Balaban J connectivity index is 1.39. The van der Waals surface area contributed by atoms with Crippen LogP contribution in [-0.4, -0.2) is 74.0 Å². The molecule has 11 heteroatoms. The third-order valence-corrected chi connectivity index (χ3v) is 6.37. The zero-order valence-corrected chi connectivity index (χ0v) is 19.2. The molecular formula is C20H30FN5O4S. The summed E-state index contributed by atoms with van der Waals surface area (Å²) in [5.41, 5.74) is 0. The normalized spacial score (nSPS) is 15.8. The molecule has 31 heavy (non-hydrogen) atoms. The molecule has 0 unspecified atom stereocenters. The molecule has 2 aromatic heterocycles. The maximum atomic E-state index is 13.9. The Morgan fingerprint density at radius 2 is 2.06 bits per heavy atom.